The highest BCUT2D eigenvalue weighted by Gasteiger charge is 2.12. The lowest BCUT2D eigenvalue weighted by atomic mass is 10.1. The molecule has 0 radical (unpaired) electrons. The number of carbonyl (C=O) groups is 3. The van der Waals surface area contributed by atoms with Crippen LogP contribution in [0.25, 0.3) is 0 Å². The van der Waals surface area contributed by atoms with E-state index in [1.54, 1.807) is 18.2 Å². The van der Waals surface area contributed by atoms with Crippen molar-refractivity contribution in [3.63, 3.8) is 0 Å². The van der Waals surface area contributed by atoms with Crippen LogP contribution >= 0.6 is 0 Å². The van der Waals surface area contributed by atoms with Crippen LogP contribution in [0.15, 0.2) is 36.4 Å². The van der Waals surface area contributed by atoms with Crippen molar-refractivity contribution in [3.8, 4) is 0 Å². The molecule has 0 aliphatic rings. The number of amides is 3. The number of nitrogens with one attached hydrogen (secondary N) is 3. The number of anilines is 3. The second-order valence-electron chi connectivity index (χ2n) is 5.86. The lowest BCUT2D eigenvalue weighted by Gasteiger charge is -2.13. The van der Waals surface area contributed by atoms with E-state index in [9.17, 15) is 14.4 Å². The average Bonchev–Trinajstić information content (AvgIpc) is 2.50. The third-order valence-electron chi connectivity index (χ3n) is 3.69. The van der Waals surface area contributed by atoms with E-state index in [2.05, 4.69) is 16.0 Å². The highest BCUT2D eigenvalue weighted by Crippen LogP contribution is 2.22. The Balaban J connectivity index is 2.35. The molecule has 2 aromatic carbocycles. The van der Waals surface area contributed by atoms with Crippen LogP contribution < -0.4 is 16.0 Å². The van der Waals surface area contributed by atoms with Gasteiger partial charge >= 0.3 is 0 Å². The highest BCUT2D eigenvalue weighted by molar-refractivity contribution is 6.07. The van der Waals surface area contributed by atoms with E-state index >= 15 is 0 Å². The molecule has 3 amide bonds. The summed E-state index contributed by atoms with van der Waals surface area (Å²) in [6.07, 6.45) is 0. The molecule has 0 spiro atoms. The monoisotopic (exact) mass is 339 g/mol. The van der Waals surface area contributed by atoms with Gasteiger partial charge < -0.3 is 16.0 Å². The molecular weight excluding hydrogens is 318 g/mol. The summed E-state index contributed by atoms with van der Waals surface area (Å²) in [5, 5.41) is 8.12. The summed E-state index contributed by atoms with van der Waals surface area (Å²) in [4.78, 5) is 35.2. The van der Waals surface area contributed by atoms with Gasteiger partial charge in [-0.3, -0.25) is 14.4 Å². The largest absolute Gasteiger partial charge is 0.326 e. The summed E-state index contributed by atoms with van der Waals surface area (Å²) in [5.74, 6) is -0.853. The molecular formula is C19H21N3O3. The predicted molar refractivity (Wildman–Crippen MR) is 98.9 cm³/mol. The van der Waals surface area contributed by atoms with Crippen molar-refractivity contribution in [1.82, 2.24) is 0 Å². The van der Waals surface area contributed by atoms with Crippen molar-refractivity contribution in [2.45, 2.75) is 27.7 Å². The summed E-state index contributed by atoms with van der Waals surface area (Å²) >= 11 is 0. The molecule has 6 heteroatoms. The van der Waals surface area contributed by atoms with Gasteiger partial charge in [0.25, 0.3) is 5.91 Å². The number of benzene rings is 2. The van der Waals surface area contributed by atoms with E-state index in [1.807, 2.05) is 32.0 Å². The minimum Gasteiger partial charge on any atom is -0.326 e. The Kier molecular flexibility index (Phi) is 5.54. The first-order chi connectivity index (χ1) is 11.8. The molecule has 0 aliphatic carbocycles. The fourth-order valence-electron chi connectivity index (χ4n) is 2.39. The Hall–Kier alpha value is -3.15. The van der Waals surface area contributed by atoms with Crippen molar-refractivity contribution in [2.24, 2.45) is 0 Å². The predicted octanol–water partition coefficient (Wildman–Crippen LogP) is 3.47. The van der Waals surface area contributed by atoms with Gasteiger partial charge in [-0.15, -0.1) is 0 Å². The molecule has 0 aromatic heterocycles. The second kappa shape index (κ2) is 7.61. The summed E-state index contributed by atoms with van der Waals surface area (Å²) in [5.41, 5.74) is 3.97. The van der Waals surface area contributed by atoms with Crippen LogP contribution in [0.5, 0.6) is 0 Å². The molecule has 0 saturated heterocycles. The second-order valence-corrected chi connectivity index (χ2v) is 5.86. The third-order valence-corrected chi connectivity index (χ3v) is 3.69. The summed E-state index contributed by atoms with van der Waals surface area (Å²) in [6, 6.07) is 10.4. The topological polar surface area (TPSA) is 87.3 Å². The van der Waals surface area contributed by atoms with Crippen molar-refractivity contribution < 1.29 is 14.4 Å². The van der Waals surface area contributed by atoms with Crippen LogP contribution in [0.3, 0.4) is 0 Å². The molecule has 0 fully saturated rings. The fourth-order valence-corrected chi connectivity index (χ4v) is 2.39. The van der Waals surface area contributed by atoms with Crippen LogP contribution in [-0.2, 0) is 9.59 Å². The molecule has 0 unspecified atom stereocenters. The zero-order valence-electron chi connectivity index (χ0n) is 14.7. The van der Waals surface area contributed by atoms with Crippen LogP contribution in [0, 0.1) is 13.8 Å². The Bertz CT molecular complexity index is 810. The van der Waals surface area contributed by atoms with E-state index in [-0.39, 0.29) is 17.7 Å². The number of hydrogen-bond donors (Lipinski definition) is 3. The summed E-state index contributed by atoms with van der Waals surface area (Å²) in [6.45, 7) is 6.65. The molecule has 0 heterocycles. The molecule has 25 heavy (non-hydrogen) atoms. The Morgan fingerprint density at radius 3 is 1.88 bits per heavy atom. The maximum Gasteiger partial charge on any atom is 0.255 e. The quantitative estimate of drug-likeness (QED) is 0.797. The molecule has 6 nitrogen and oxygen atoms in total. The summed E-state index contributed by atoms with van der Waals surface area (Å²) in [7, 11) is 0. The van der Waals surface area contributed by atoms with Crippen LogP contribution in [0.2, 0.25) is 0 Å². The van der Waals surface area contributed by atoms with Gasteiger partial charge in [0.15, 0.2) is 0 Å². The Morgan fingerprint density at radius 2 is 1.36 bits per heavy atom. The van der Waals surface area contributed by atoms with Gasteiger partial charge in [0, 0.05) is 36.5 Å². The van der Waals surface area contributed by atoms with E-state index < -0.39 is 0 Å². The summed E-state index contributed by atoms with van der Waals surface area (Å²) < 4.78 is 0. The average molecular weight is 339 g/mol. The first-order valence-electron chi connectivity index (χ1n) is 7.84. The zero-order chi connectivity index (χ0) is 18.6. The van der Waals surface area contributed by atoms with E-state index in [1.165, 1.54) is 13.8 Å². The van der Waals surface area contributed by atoms with Gasteiger partial charge in [-0.05, 0) is 49.2 Å². The van der Waals surface area contributed by atoms with Crippen LogP contribution in [-0.4, -0.2) is 17.7 Å². The highest BCUT2D eigenvalue weighted by atomic mass is 16.2. The minimum absolute atomic E-state index is 0.263. The number of carbonyl (C=O) groups excluding carboxylic acids is 3. The first-order valence-corrected chi connectivity index (χ1v) is 7.84. The first kappa shape index (κ1) is 18.2. The molecule has 130 valence electrons. The normalized spacial score (nSPS) is 10.1. The minimum atomic E-state index is -0.326. The number of aryl methyl sites for hydroxylation is 1. The van der Waals surface area contributed by atoms with Gasteiger partial charge in [0.2, 0.25) is 11.8 Å². The molecule has 2 rings (SSSR count). The van der Waals surface area contributed by atoms with Crippen molar-refractivity contribution in [1.29, 1.82) is 0 Å². The lowest BCUT2D eigenvalue weighted by Crippen LogP contribution is -2.15. The fraction of sp³-hybridized carbons (Fsp3) is 0.211. The zero-order valence-corrected chi connectivity index (χ0v) is 14.7. The molecule has 2 aromatic rings. The van der Waals surface area contributed by atoms with Gasteiger partial charge in [-0.1, -0.05) is 12.1 Å². The van der Waals surface area contributed by atoms with E-state index in [0.29, 0.717) is 16.9 Å². The van der Waals surface area contributed by atoms with Crippen LogP contribution in [0.4, 0.5) is 17.1 Å². The van der Waals surface area contributed by atoms with Crippen molar-refractivity contribution in [3.05, 3.63) is 53.1 Å². The lowest BCUT2D eigenvalue weighted by molar-refractivity contribution is -0.115. The van der Waals surface area contributed by atoms with Gasteiger partial charge in [0.1, 0.15) is 0 Å². The van der Waals surface area contributed by atoms with Gasteiger partial charge in [-0.25, -0.2) is 0 Å². The van der Waals surface area contributed by atoms with E-state index in [4.69, 9.17) is 0 Å². The smallest absolute Gasteiger partial charge is 0.255 e. The Labute approximate surface area is 146 Å². The SMILES string of the molecule is CC(=O)Nc1cc(NC(C)=O)cc(C(=O)Nc2cccc(C)c2C)c1. The number of rotatable bonds is 4. The standard InChI is InChI=1S/C19H21N3O3/c1-11-6-5-7-18(12(11)2)22-19(25)15-8-16(20-13(3)23)10-17(9-15)21-14(4)24/h5-10H,1-4H3,(H,20,23)(H,21,24)(H,22,25). The maximum absolute atomic E-state index is 12.6. The molecule has 0 atom stereocenters. The van der Waals surface area contributed by atoms with Crippen molar-refractivity contribution in [2.75, 3.05) is 16.0 Å². The van der Waals surface area contributed by atoms with Crippen molar-refractivity contribution >= 4 is 34.8 Å². The van der Waals surface area contributed by atoms with Crippen LogP contribution in [0.1, 0.15) is 35.3 Å². The maximum atomic E-state index is 12.6. The van der Waals surface area contributed by atoms with Gasteiger partial charge in [-0.2, -0.15) is 0 Å². The number of hydrogen-bond acceptors (Lipinski definition) is 3. The van der Waals surface area contributed by atoms with Gasteiger partial charge in [0.05, 0.1) is 0 Å². The molecule has 0 aliphatic heterocycles. The van der Waals surface area contributed by atoms with E-state index in [0.717, 1.165) is 16.8 Å². The molecule has 0 bridgehead atoms. The third kappa shape index (κ3) is 4.91. The Morgan fingerprint density at radius 1 is 0.800 bits per heavy atom. The molecule has 0 saturated carbocycles. The molecule has 3 N–H and O–H groups in total.